The predicted molar refractivity (Wildman–Crippen MR) is 100 cm³/mol. The number of hydrogen-bond acceptors (Lipinski definition) is 5. The summed E-state index contributed by atoms with van der Waals surface area (Å²) in [6.45, 7) is 1.51. The SMILES string of the molecule is COc1cccc([C@H]2C(=C(O)c3ccccc3)C(=O)C(=O)N2C[C@H](C)O)c1. The molecule has 1 heterocycles. The number of Topliss-reactive ketones (excluding diaryl/α,β-unsaturated/α-hetero) is 1. The Morgan fingerprint density at radius 1 is 1.15 bits per heavy atom. The molecule has 1 saturated heterocycles. The summed E-state index contributed by atoms with van der Waals surface area (Å²) in [5.41, 5.74) is 1.06. The molecule has 0 spiro atoms. The molecule has 0 saturated carbocycles. The molecule has 0 aromatic heterocycles. The van der Waals surface area contributed by atoms with E-state index in [9.17, 15) is 19.8 Å². The number of carbonyl (C=O) groups excluding carboxylic acids is 2. The number of aliphatic hydroxyl groups is 2. The molecule has 140 valence electrons. The van der Waals surface area contributed by atoms with Crippen LogP contribution >= 0.6 is 0 Å². The van der Waals surface area contributed by atoms with Gasteiger partial charge in [0.1, 0.15) is 11.5 Å². The molecule has 1 fully saturated rings. The van der Waals surface area contributed by atoms with Gasteiger partial charge >= 0.3 is 0 Å². The van der Waals surface area contributed by atoms with Crippen molar-refractivity contribution in [2.75, 3.05) is 13.7 Å². The minimum atomic E-state index is -0.826. The zero-order valence-electron chi connectivity index (χ0n) is 15.1. The van der Waals surface area contributed by atoms with Gasteiger partial charge < -0.3 is 19.8 Å². The standard InChI is InChI=1S/C21H21NO5/c1-13(23)12-22-18(15-9-6-10-16(11-15)27-2)17(20(25)21(22)26)19(24)14-7-4-3-5-8-14/h3-11,13,18,23-24H,12H2,1-2H3/t13-,18-/m0/s1. The van der Waals surface area contributed by atoms with Crippen molar-refractivity contribution in [3.63, 3.8) is 0 Å². The first kappa shape index (κ1) is 18.7. The van der Waals surface area contributed by atoms with Crippen molar-refractivity contribution in [1.82, 2.24) is 4.90 Å². The van der Waals surface area contributed by atoms with E-state index in [0.29, 0.717) is 16.9 Å². The molecule has 0 aliphatic carbocycles. The van der Waals surface area contributed by atoms with Gasteiger partial charge in [-0.15, -0.1) is 0 Å². The number of benzene rings is 2. The van der Waals surface area contributed by atoms with Crippen LogP contribution in [0.2, 0.25) is 0 Å². The number of ketones is 1. The predicted octanol–water partition coefficient (Wildman–Crippen LogP) is 2.50. The Kier molecular flexibility index (Phi) is 5.28. The number of rotatable bonds is 5. The summed E-state index contributed by atoms with van der Waals surface area (Å²) in [4.78, 5) is 26.6. The maximum Gasteiger partial charge on any atom is 0.295 e. The Labute approximate surface area is 157 Å². The van der Waals surface area contributed by atoms with Gasteiger partial charge in [0, 0.05) is 12.1 Å². The van der Waals surface area contributed by atoms with Crippen LogP contribution in [0.25, 0.3) is 5.76 Å². The Balaban J connectivity index is 2.19. The molecule has 27 heavy (non-hydrogen) atoms. The fraction of sp³-hybridized carbons (Fsp3) is 0.238. The van der Waals surface area contributed by atoms with Gasteiger partial charge in [-0.3, -0.25) is 9.59 Å². The highest BCUT2D eigenvalue weighted by molar-refractivity contribution is 6.46. The van der Waals surface area contributed by atoms with E-state index in [4.69, 9.17) is 4.74 Å². The first-order valence-electron chi connectivity index (χ1n) is 8.60. The average molecular weight is 367 g/mol. The highest BCUT2D eigenvalue weighted by atomic mass is 16.5. The topological polar surface area (TPSA) is 87.1 Å². The second-order valence-corrected chi connectivity index (χ2v) is 6.44. The normalized spacial score (nSPS) is 20.0. The van der Waals surface area contributed by atoms with Crippen molar-refractivity contribution < 1.29 is 24.5 Å². The number of aliphatic hydroxyl groups excluding tert-OH is 2. The lowest BCUT2D eigenvalue weighted by Gasteiger charge is -2.26. The number of carbonyl (C=O) groups is 2. The maximum absolute atomic E-state index is 12.7. The molecule has 1 aliphatic heterocycles. The lowest BCUT2D eigenvalue weighted by Crippen LogP contribution is -2.35. The van der Waals surface area contributed by atoms with Gasteiger partial charge in [-0.05, 0) is 24.6 Å². The Hall–Kier alpha value is -3.12. The monoisotopic (exact) mass is 367 g/mol. The van der Waals surface area contributed by atoms with E-state index in [1.807, 2.05) is 0 Å². The summed E-state index contributed by atoms with van der Waals surface area (Å²) < 4.78 is 5.25. The van der Waals surface area contributed by atoms with E-state index in [0.717, 1.165) is 0 Å². The Morgan fingerprint density at radius 3 is 2.48 bits per heavy atom. The highest BCUT2D eigenvalue weighted by Crippen LogP contribution is 2.40. The minimum Gasteiger partial charge on any atom is -0.507 e. The molecule has 0 unspecified atom stereocenters. The van der Waals surface area contributed by atoms with Gasteiger partial charge in [0.05, 0.1) is 24.8 Å². The number of hydrogen-bond donors (Lipinski definition) is 2. The summed E-state index contributed by atoms with van der Waals surface area (Å²) in [5.74, 6) is -1.20. The number of methoxy groups -OCH3 is 1. The number of amides is 1. The van der Waals surface area contributed by atoms with Crippen molar-refractivity contribution in [3.8, 4) is 5.75 Å². The molecular weight excluding hydrogens is 346 g/mol. The summed E-state index contributed by atoms with van der Waals surface area (Å²) in [5, 5.41) is 20.6. The van der Waals surface area contributed by atoms with Crippen molar-refractivity contribution in [2.45, 2.75) is 19.1 Å². The zero-order chi connectivity index (χ0) is 19.6. The second kappa shape index (κ2) is 7.63. The fourth-order valence-electron chi connectivity index (χ4n) is 3.26. The van der Waals surface area contributed by atoms with E-state index in [-0.39, 0.29) is 17.9 Å². The van der Waals surface area contributed by atoms with Crippen molar-refractivity contribution in [3.05, 3.63) is 71.3 Å². The molecule has 3 rings (SSSR count). The lowest BCUT2D eigenvalue weighted by atomic mass is 9.95. The molecule has 1 aliphatic rings. The molecule has 0 radical (unpaired) electrons. The molecule has 2 aromatic carbocycles. The second-order valence-electron chi connectivity index (χ2n) is 6.44. The quantitative estimate of drug-likeness (QED) is 0.482. The Bertz CT molecular complexity index is 888. The molecule has 2 aromatic rings. The van der Waals surface area contributed by atoms with Crippen LogP contribution in [0, 0.1) is 0 Å². The van der Waals surface area contributed by atoms with Crippen LogP contribution in [-0.2, 0) is 9.59 Å². The van der Waals surface area contributed by atoms with Crippen LogP contribution < -0.4 is 4.74 Å². The molecule has 6 nitrogen and oxygen atoms in total. The molecule has 2 atom stereocenters. The van der Waals surface area contributed by atoms with Crippen LogP contribution in [0.15, 0.2) is 60.2 Å². The van der Waals surface area contributed by atoms with Crippen LogP contribution in [0.3, 0.4) is 0 Å². The largest absolute Gasteiger partial charge is 0.507 e. The van der Waals surface area contributed by atoms with Crippen molar-refractivity contribution in [1.29, 1.82) is 0 Å². The molecule has 1 amide bonds. The lowest BCUT2D eigenvalue weighted by molar-refractivity contribution is -0.140. The van der Waals surface area contributed by atoms with E-state index in [1.54, 1.807) is 61.5 Å². The van der Waals surface area contributed by atoms with Crippen molar-refractivity contribution in [2.24, 2.45) is 0 Å². The average Bonchev–Trinajstić information content (AvgIpc) is 2.92. The Morgan fingerprint density at radius 2 is 1.85 bits per heavy atom. The summed E-state index contributed by atoms with van der Waals surface area (Å²) >= 11 is 0. The van der Waals surface area contributed by atoms with Gasteiger partial charge in [0.25, 0.3) is 11.7 Å². The summed E-state index contributed by atoms with van der Waals surface area (Å²) in [6.07, 6.45) is -0.826. The third-order valence-electron chi connectivity index (χ3n) is 4.46. The first-order chi connectivity index (χ1) is 12.9. The van der Waals surface area contributed by atoms with Gasteiger partial charge in [-0.25, -0.2) is 0 Å². The fourth-order valence-corrected chi connectivity index (χ4v) is 3.26. The number of ether oxygens (including phenoxy) is 1. The van der Waals surface area contributed by atoms with Crippen LogP contribution in [0.5, 0.6) is 5.75 Å². The molecule has 0 bridgehead atoms. The van der Waals surface area contributed by atoms with E-state index in [2.05, 4.69) is 0 Å². The maximum atomic E-state index is 12.7. The van der Waals surface area contributed by atoms with Crippen molar-refractivity contribution >= 4 is 17.4 Å². The third kappa shape index (κ3) is 3.57. The van der Waals surface area contributed by atoms with E-state index < -0.39 is 23.8 Å². The van der Waals surface area contributed by atoms with E-state index >= 15 is 0 Å². The summed E-state index contributed by atoms with van der Waals surface area (Å²) in [6, 6.07) is 14.8. The smallest absolute Gasteiger partial charge is 0.295 e. The van der Waals surface area contributed by atoms with Gasteiger partial charge in [-0.1, -0.05) is 42.5 Å². The first-order valence-corrected chi connectivity index (χ1v) is 8.60. The summed E-state index contributed by atoms with van der Waals surface area (Å²) in [7, 11) is 1.52. The van der Waals surface area contributed by atoms with Crippen LogP contribution in [-0.4, -0.2) is 46.6 Å². The minimum absolute atomic E-state index is 0.0000954. The number of β-amino-alcohol motifs (C(OH)–C–C–N with tert-alkyl or cyclic N) is 1. The molecule has 6 heteroatoms. The van der Waals surface area contributed by atoms with Gasteiger partial charge in [0.2, 0.25) is 0 Å². The van der Waals surface area contributed by atoms with Gasteiger partial charge in [-0.2, -0.15) is 0 Å². The number of likely N-dealkylation sites (tertiary alicyclic amines) is 1. The third-order valence-corrected chi connectivity index (χ3v) is 4.46. The molecular formula is C21H21NO5. The van der Waals surface area contributed by atoms with Gasteiger partial charge in [0.15, 0.2) is 0 Å². The molecule has 2 N–H and O–H groups in total. The number of nitrogens with zero attached hydrogens (tertiary/aromatic N) is 1. The zero-order valence-corrected chi connectivity index (χ0v) is 15.1. The van der Waals surface area contributed by atoms with Crippen LogP contribution in [0.4, 0.5) is 0 Å². The van der Waals surface area contributed by atoms with E-state index in [1.165, 1.54) is 12.0 Å². The van der Waals surface area contributed by atoms with Crippen LogP contribution in [0.1, 0.15) is 24.1 Å². The highest BCUT2D eigenvalue weighted by Gasteiger charge is 2.46.